The van der Waals surface area contributed by atoms with Crippen molar-refractivity contribution in [2.45, 2.75) is 33.2 Å². The third-order valence-electron chi connectivity index (χ3n) is 4.94. The van der Waals surface area contributed by atoms with Gasteiger partial charge in [0, 0.05) is 52.1 Å². The fourth-order valence-corrected chi connectivity index (χ4v) is 3.27. The maximum Gasteiger partial charge on any atom is 0.289 e. The summed E-state index contributed by atoms with van der Waals surface area (Å²) in [7, 11) is 0. The minimum Gasteiger partial charge on any atom is -0.459 e. The molecular weight excluding hydrogens is 398 g/mol. The van der Waals surface area contributed by atoms with Crippen molar-refractivity contribution in [1.29, 1.82) is 0 Å². The molecule has 0 saturated carbocycles. The Morgan fingerprint density at radius 2 is 1.90 bits per heavy atom. The van der Waals surface area contributed by atoms with Crippen LogP contribution in [0.4, 0.5) is 0 Å². The number of hydrogen-bond acceptors (Lipinski definition) is 7. The molecule has 0 aromatic carbocycles. The third-order valence-corrected chi connectivity index (χ3v) is 4.94. The van der Waals surface area contributed by atoms with E-state index in [0.29, 0.717) is 63.0 Å². The number of aryl methyl sites for hydroxylation is 1. The molecule has 1 aliphatic heterocycles. The molecule has 0 bridgehead atoms. The SMILES string of the molecule is CCN(CC)C(=O)CCc1nc(CN2CCN(C(=O)c3ccco3)CC2)no1.Cl. The first-order chi connectivity index (χ1) is 13.6. The van der Waals surface area contributed by atoms with Crippen LogP contribution in [0.25, 0.3) is 0 Å². The van der Waals surface area contributed by atoms with Gasteiger partial charge in [-0.1, -0.05) is 5.16 Å². The smallest absolute Gasteiger partial charge is 0.289 e. The van der Waals surface area contributed by atoms with Gasteiger partial charge in [-0.25, -0.2) is 0 Å². The van der Waals surface area contributed by atoms with Crippen molar-refractivity contribution in [1.82, 2.24) is 24.8 Å². The molecule has 3 rings (SSSR count). The van der Waals surface area contributed by atoms with Gasteiger partial charge < -0.3 is 18.7 Å². The second-order valence-electron chi connectivity index (χ2n) is 6.72. The zero-order chi connectivity index (χ0) is 19.9. The molecular formula is C19H28ClN5O4. The van der Waals surface area contributed by atoms with Gasteiger partial charge in [-0.3, -0.25) is 14.5 Å². The highest BCUT2D eigenvalue weighted by Gasteiger charge is 2.24. The van der Waals surface area contributed by atoms with Gasteiger partial charge in [-0.2, -0.15) is 4.98 Å². The normalized spacial score (nSPS) is 14.5. The molecule has 1 saturated heterocycles. The number of halogens is 1. The fourth-order valence-electron chi connectivity index (χ4n) is 3.27. The highest BCUT2D eigenvalue weighted by atomic mass is 35.5. The number of carbonyl (C=O) groups is 2. The van der Waals surface area contributed by atoms with E-state index in [0.717, 1.165) is 13.1 Å². The Balaban J connectivity index is 0.00000300. The van der Waals surface area contributed by atoms with Crippen LogP contribution < -0.4 is 0 Å². The number of rotatable bonds is 8. The quantitative estimate of drug-likeness (QED) is 0.636. The summed E-state index contributed by atoms with van der Waals surface area (Å²) < 4.78 is 10.5. The Hall–Kier alpha value is -2.39. The molecule has 3 heterocycles. The molecule has 9 nitrogen and oxygen atoms in total. The summed E-state index contributed by atoms with van der Waals surface area (Å²) in [6, 6.07) is 3.40. The molecule has 10 heteroatoms. The standard InChI is InChI=1S/C19H27N5O4.ClH/c1-3-23(4-2)18(25)8-7-17-20-16(21-28-17)14-22-9-11-24(12-10-22)19(26)15-6-5-13-27-15;/h5-6,13H,3-4,7-12,14H2,1-2H3;1H. The van der Waals surface area contributed by atoms with Crippen LogP contribution in [0.3, 0.4) is 0 Å². The monoisotopic (exact) mass is 425 g/mol. The highest BCUT2D eigenvalue weighted by molar-refractivity contribution is 5.91. The number of carbonyl (C=O) groups excluding carboxylic acids is 2. The summed E-state index contributed by atoms with van der Waals surface area (Å²) in [6.45, 7) is 8.63. The van der Waals surface area contributed by atoms with Crippen molar-refractivity contribution in [3.8, 4) is 0 Å². The maximum atomic E-state index is 12.3. The van der Waals surface area contributed by atoms with Crippen LogP contribution in [0.5, 0.6) is 0 Å². The van der Waals surface area contributed by atoms with Gasteiger partial charge in [0.25, 0.3) is 5.91 Å². The van der Waals surface area contributed by atoms with Crippen molar-refractivity contribution < 1.29 is 18.5 Å². The zero-order valence-electron chi connectivity index (χ0n) is 16.9. The third kappa shape index (κ3) is 6.04. The molecule has 2 aromatic heterocycles. The van der Waals surface area contributed by atoms with E-state index in [2.05, 4.69) is 15.0 Å². The van der Waals surface area contributed by atoms with Crippen LogP contribution in [-0.2, 0) is 17.8 Å². The van der Waals surface area contributed by atoms with Gasteiger partial charge in [0.2, 0.25) is 11.8 Å². The Bertz CT molecular complexity index is 767. The predicted octanol–water partition coefficient (Wildman–Crippen LogP) is 1.84. The first-order valence-corrected chi connectivity index (χ1v) is 9.75. The first kappa shape index (κ1) is 22.9. The van der Waals surface area contributed by atoms with Crippen LogP contribution >= 0.6 is 12.4 Å². The summed E-state index contributed by atoms with van der Waals surface area (Å²) in [6.07, 6.45) is 2.33. The van der Waals surface area contributed by atoms with E-state index < -0.39 is 0 Å². The molecule has 160 valence electrons. The summed E-state index contributed by atoms with van der Waals surface area (Å²) in [4.78, 5) is 34.5. The number of hydrogen-bond donors (Lipinski definition) is 0. The molecule has 2 amide bonds. The van der Waals surface area contributed by atoms with Gasteiger partial charge in [0.15, 0.2) is 11.6 Å². The lowest BCUT2D eigenvalue weighted by atomic mass is 10.2. The first-order valence-electron chi connectivity index (χ1n) is 9.75. The zero-order valence-corrected chi connectivity index (χ0v) is 17.7. The summed E-state index contributed by atoms with van der Waals surface area (Å²) in [5.74, 6) is 1.49. The number of aromatic nitrogens is 2. The number of nitrogens with zero attached hydrogens (tertiary/aromatic N) is 5. The number of furan rings is 1. The molecule has 0 unspecified atom stereocenters. The van der Waals surface area contributed by atoms with E-state index in [1.54, 1.807) is 21.9 Å². The second kappa shape index (κ2) is 11.0. The molecule has 0 N–H and O–H groups in total. The molecule has 1 aliphatic rings. The van der Waals surface area contributed by atoms with Crippen LogP contribution in [0.2, 0.25) is 0 Å². The van der Waals surface area contributed by atoms with Gasteiger partial charge in [-0.05, 0) is 26.0 Å². The Kier molecular flexibility index (Phi) is 8.66. The predicted molar refractivity (Wildman–Crippen MR) is 108 cm³/mol. The summed E-state index contributed by atoms with van der Waals surface area (Å²) >= 11 is 0. The van der Waals surface area contributed by atoms with E-state index in [-0.39, 0.29) is 24.2 Å². The topological polar surface area (TPSA) is 95.9 Å². The van der Waals surface area contributed by atoms with Crippen molar-refractivity contribution in [2.75, 3.05) is 39.3 Å². The Morgan fingerprint density at radius 3 is 2.52 bits per heavy atom. The maximum absolute atomic E-state index is 12.3. The van der Waals surface area contributed by atoms with Crippen molar-refractivity contribution in [2.24, 2.45) is 0 Å². The minimum atomic E-state index is -0.0793. The van der Waals surface area contributed by atoms with Gasteiger partial charge in [-0.15, -0.1) is 12.4 Å². The molecule has 0 spiro atoms. The lowest BCUT2D eigenvalue weighted by Crippen LogP contribution is -2.48. The molecule has 0 atom stereocenters. The fraction of sp³-hybridized carbons (Fsp3) is 0.579. The number of piperazine rings is 1. The van der Waals surface area contributed by atoms with E-state index in [4.69, 9.17) is 8.94 Å². The van der Waals surface area contributed by atoms with Crippen LogP contribution in [0, 0.1) is 0 Å². The molecule has 1 fully saturated rings. The van der Waals surface area contributed by atoms with Crippen molar-refractivity contribution in [3.63, 3.8) is 0 Å². The van der Waals surface area contributed by atoms with E-state index in [1.165, 1.54) is 6.26 Å². The van der Waals surface area contributed by atoms with E-state index >= 15 is 0 Å². The minimum absolute atomic E-state index is 0. The van der Waals surface area contributed by atoms with Crippen LogP contribution in [0.15, 0.2) is 27.3 Å². The molecule has 2 aromatic rings. The van der Waals surface area contributed by atoms with E-state index in [9.17, 15) is 9.59 Å². The lowest BCUT2D eigenvalue weighted by molar-refractivity contribution is -0.130. The van der Waals surface area contributed by atoms with Crippen molar-refractivity contribution >= 4 is 24.2 Å². The van der Waals surface area contributed by atoms with Crippen LogP contribution in [0.1, 0.15) is 42.5 Å². The molecule has 29 heavy (non-hydrogen) atoms. The number of amides is 2. The second-order valence-corrected chi connectivity index (χ2v) is 6.72. The summed E-state index contributed by atoms with van der Waals surface area (Å²) in [5.41, 5.74) is 0. The average Bonchev–Trinajstić information content (AvgIpc) is 3.40. The average molecular weight is 426 g/mol. The van der Waals surface area contributed by atoms with Gasteiger partial charge in [0.1, 0.15) is 0 Å². The van der Waals surface area contributed by atoms with Crippen molar-refractivity contribution in [3.05, 3.63) is 35.9 Å². The Morgan fingerprint density at radius 1 is 1.17 bits per heavy atom. The highest BCUT2D eigenvalue weighted by Crippen LogP contribution is 2.12. The molecule has 0 aliphatic carbocycles. The lowest BCUT2D eigenvalue weighted by Gasteiger charge is -2.33. The Labute approximate surface area is 176 Å². The summed E-state index contributed by atoms with van der Waals surface area (Å²) in [5, 5.41) is 4.02. The van der Waals surface area contributed by atoms with E-state index in [1.807, 2.05) is 13.8 Å². The van der Waals surface area contributed by atoms with Gasteiger partial charge in [0.05, 0.1) is 12.8 Å². The molecule has 0 radical (unpaired) electrons. The van der Waals surface area contributed by atoms with Gasteiger partial charge >= 0.3 is 0 Å². The van der Waals surface area contributed by atoms with Crippen LogP contribution in [-0.4, -0.2) is 75.9 Å². The largest absolute Gasteiger partial charge is 0.459 e.